The summed E-state index contributed by atoms with van der Waals surface area (Å²) in [6, 6.07) is 1.08. The molecule has 1 saturated heterocycles. The molecule has 1 atom stereocenters. The fourth-order valence-corrected chi connectivity index (χ4v) is 2.62. The highest BCUT2D eigenvalue weighted by atomic mass is 16.2. The zero-order chi connectivity index (χ0) is 13.5. The second-order valence-corrected chi connectivity index (χ2v) is 5.72. The minimum Gasteiger partial charge on any atom is -0.353 e. The Morgan fingerprint density at radius 3 is 2.44 bits per heavy atom. The van der Waals surface area contributed by atoms with E-state index >= 15 is 0 Å². The van der Waals surface area contributed by atoms with Crippen LogP contribution < -0.4 is 10.6 Å². The highest BCUT2D eigenvalue weighted by molar-refractivity contribution is 5.81. The van der Waals surface area contributed by atoms with Crippen LogP contribution >= 0.6 is 0 Å². The number of carbonyl (C=O) groups is 1. The lowest BCUT2D eigenvalue weighted by molar-refractivity contribution is -0.123. The zero-order valence-corrected chi connectivity index (χ0v) is 12.3. The molecule has 0 spiro atoms. The summed E-state index contributed by atoms with van der Waals surface area (Å²) in [5, 5.41) is 6.33. The molecule has 18 heavy (non-hydrogen) atoms. The summed E-state index contributed by atoms with van der Waals surface area (Å²) in [4.78, 5) is 14.3. The van der Waals surface area contributed by atoms with Crippen molar-refractivity contribution in [3.63, 3.8) is 0 Å². The summed E-state index contributed by atoms with van der Waals surface area (Å²) in [5.74, 6) is 0.169. The molecular formula is C14H29N3O. The first-order chi connectivity index (χ1) is 8.52. The van der Waals surface area contributed by atoms with Crippen LogP contribution in [0.5, 0.6) is 0 Å². The molecule has 1 amide bonds. The molecule has 0 radical (unpaired) electrons. The maximum Gasteiger partial charge on any atom is 0.237 e. The fourth-order valence-electron chi connectivity index (χ4n) is 2.62. The maximum absolute atomic E-state index is 11.9. The highest BCUT2D eigenvalue weighted by Gasteiger charge is 2.20. The van der Waals surface area contributed by atoms with Crippen molar-refractivity contribution in [1.82, 2.24) is 15.5 Å². The monoisotopic (exact) mass is 255 g/mol. The molecule has 0 aromatic rings. The lowest BCUT2D eigenvalue weighted by Crippen LogP contribution is -2.49. The van der Waals surface area contributed by atoms with Gasteiger partial charge in [0.05, 0.1) is 6.04 Å². The Kier molecular flexibility index (Phi) is 6.65. The minimum absolute atomic E-state index is 0.0327. The van der Waals surface area contributed by atoms with E-state index in [0.29, 0.717) is 12.1 Å². The largest absolute Gasteiger partial charge is 0.353 e. The Balaban J connectivity index is 2.25. The molecule has 0 aliphatic carbocycles. The molecule has 0 unspecified atom stereocenters. The van der Waals surface area contributed by atoms with Crippen LogP contribution in [0.4, 0.5) is 0 Å². The third-order valence-electron chi connectivity index (χ3n) is 3.62. The maximum atomic E-state index is 11.9. The van der Waals surface area contributed by atoms with Crippen LogP contribution in [0.2, 0.25) is 0 Å². The fraction of sp³-hybridized carbons (Fsp3) is 0.929. The number of amides is 1. The van der Waals surface area contributed by atoms with E-state index in [0.717, 1.165) is 32.5 Å². The van der Waals surface area contributed by atoms with Gasteiger partial charge in [-0.15, -0.1) is 0 Å². The zero-order valence-electron chi connectivity index (χ0n) is 12.3. The Hall–Kier alpha value is -0.610. The average Bonchev–Trinajstić information content (AvgIpc) is 2.34. The van der Waals surface area contributed by atoms with Crippen molar-refractivity contribution in [3.8, 4) is 0 Å². The van der Waals surface area contributed by atoms with Gasteiger partial charge in [0, 0.05) is 25.2 Å². The van der Waals surface area contributed by atoms with E-state index in [1.165, 1.54) is 6.42 Å². The lowest BCUT2D eigenvalue weighted by atomic mass is 10.0. The van der Waals surface area contributed by atoms with E-state index in [-0.39, 0.29) is 11.9 Å². The summed E-state index contributed by atoms with van der Waals surface area (Å²) in [6.07, 6.45) is 3.33. The van der Waals surface area contributed by atoms with Gasteiger partial charge in [-0.1, -0.05) is 6.42 Å². The van der Waals surface area contributed by atoms with E-state index < -0.39 is 0 Å². The van der Waals surface area contributed by atoms with Crippen molar-refractivity contribution in [2.45, 2.75) is 65.1 Å². The summed E-state index contributed by atoms with van der Waals surface area (Å²) in [6.45, 7) is 11.4. The molecule has 1 aliphatic heterocycles. The highest BCUT2D eigenvalue weighted by Crippen LogP contribution is 2.07. The normalized spacial score (nSPS) is 20.7. The van der Waals surface area contributed by atoms with Gasteiger partial charge in [0.2, 0.25) is 5.91 Å². The van der Waals surface area contributed by atoms with E-state index in [4.69, 9.17) is 0 Å². The van der Waals surface area contributed by atoms with Gasteiger partial charge < -0.3 is 10.6 Å². The first kappa shape index (κ1) is 15.4. The van der Waals surface area contributed by atoms with E-state index in [1.54, 1.807) is 0 Å². The van der Waals surface area contributed by atoms with E-state index in [1.807, 2.05) is 0 Å². The SMILES string of the molecule is CC(C)N(CCNC(=O)[C@@H]1CCCCN1)C(C)C. The van der Waals surface area contributed by atoms with Crippen molar-refractivity contribution in [2.75, 3.05) is 19.6 Å². The van der Waals surface area contributed by atoms with Gasteiger partial charge in [-0.05, 0) is 47.1 Å². The molecule has 0 aromatic heterocycles. The second kappa shape index (κ2) is 7.74. The first-order valence-electron chi connectivity index (χ1n) is 7.29. The van der Waals surface area contributed by atoms with Crippen molar-refractivity contribution < 1.29 is 4.79 Å². The number of hydrogen-bond acceptors (Lipinski definition) is 3. The molecule has 0 saturated carbocycles. The lowest BCUT2D eigenvalue weighted by Gasteiger charge is -2.31. The Bertz CT molecular complexity index is 239. The van der Waals surface area contributed by atoms with Crippen LogP contribution in [-0.4, -0.2) is 48.6 Å². The van der Waals surface area contributed by atoms with Gasteiger partial charge in [0.15, 0.2) is 0 Å². The van der Waals surface area contributed by atoms with E-state index in [2.05, 4.69) is 43.2 Å². The van der Waals surface area contributed by atoms with Gasteiger partial charge in [-0.2, -0.15) is 0 Å². The standard InChI is InChI=1S/C14H29N3O/c1-11(2)17(12(3)4)10-9-16-14(18)13-7-5-6-8-15-13/h11-13,15H,5-10H2,1-4H3,(H,16,18)/t13-/m0/s1. The van der Waals surface area contributed by atoms with Crippen molar-refractivity contribution >= 4 is 5.91 Å². The van der Waals surface area contributed by atoms with Crippen molar-refractivity contribution in [2.24, 2.45) is 0 Å². The molecule has 0 aromatic carbocycles. The van der Waals surface area contributed by atoms with Crippen LogP contribution in [-0.2, 0) is 4.79 Å². The third-order valence-corrected chi connectivity index (χ3v) is 3.62. The molecule has 1 rings (SSSR count). The number of nitrogens with one attached hydrogen (secondary N) is 2. The predicted molar refractivity (Wildman–Crippen MR) is 75.6 cm³/mol. The first-order valence-corrected chi connectivity index (χ1v) is 7.29. The topological polar surface area (TPSA) is 44.4 Å². The Labute approximate surface area is 111 Å². The Morgan fingerprint density at radius 2 is 1.94 bits per heavy atom. The van der Waals surface area contributed by atoms with Crippen LogP contribution in [0.25, 0.3) is 0 Å². The summed E-state index contributed by atoms with van der Waals surface area (Å²) in [7, 11) is 0. The van der Waals surface area contributed by atoms with Gasteiger partial charge >= 0.3 is 0 Å². The van der Waals surface area contributed by atoms with Gasteiger partial charge in [-0.25, -0.2) is 0 Å². The molecule has 106 valence electrons. The average molecular weight is 255 g/mol. The molecule has 0 bridgehead atoms. The predicted octanol–water partition coefficient (Wildman–Crippen LogP) is 1.36. The summed E-state index contributed by atoms with van der Waals surface area (Å²) in [5.41, 5.74) is 0. The van der Waals surface area contributed by atoms with Crippen molar-refractivity contribution in [3.05, 3.63) is 0 Å². The smallest absolute Gasteiger partial charge is 0.237 e. The Morgan fingerprint density at radius 1 is 1.28 bits per heavy atom. The number of rotatable bonds is 6. The molecular weight excluding hydrogens is 226 g/mol. The van der Waals surface area contributed by atoms with Gasteiger partial charge in [0.1, 0.15) is 0 Å². The summed E-state index contributed by atoms with van der Waals surface area (Å²) < 4.78 is 0. The van der Waals surface area contributed by atoms with Gasteiger partial charge in [-0.3, -0.25) is 9.69 Å². The quantitative estimate of drug-likeness (QED) is 0.753. The molecule has 2 N–H and O–H groups in total. The summed E-state index contributed by atoms with van der Waals surface area (Å²) >= 11 is 0. The number of carbonyl (C=O) groups excluding carboxylic acids is 1. The van der Waals surface area contributed by atoms with Crippen molar-refractivity contribution in [1.29, 1.82) is 0 Å². The molecule has 4 heteroatoms. The van der Waals surface area contributed by atoms with Crippen LogP contribution in [0.15, 0.2) is 0 Å². The van der Waals surface area contributed by atoms with Crippen LogP contribution in [0.1, 0.15) is 47.0 Å². The van der Waals surface area contributed by atoms with E-state index in [9.17, 15) is 4.79 Å². The number of hydrogen-bond donors (Lipinski definition) is 2. The second-order valence-electron chi connectivity index (χ2n) is 5.72. The molecule has 1 fully saturated rings. The molecule has 1 heterocycles. The van der Waals surface area contributed by atoms with Crippen LogP contribution in [0, 0.1) is 0 Å². The molecule has 1 aliphatic rings. The molecule has 4 nitrogen and oxygen atoms in total. The minimum atomic E-state index is 0.0327. The third kappa shape index (κ3) is 4.94. The van der Waals surface area contributed by atoms with Gasteiger partial charge in [0.25, 0.3) is 0 Å². The number of nitrogens with zero attached hydrogens (tertiary/aromatic N) is 1. The van der Waals surface area contributed by atoms with Crippen LogP contribution in [0.3, 0.4) is 0 Å². The number of piperidine rings is 1.